The second-order valence-corrected chi connectivity index (χ2v) is 6.81. The number of rotatable bonds is 6. The average Bonchev–Trinajstić information content (AvgIpc) is 3.25. The summed E-state index contributed by atoms with van der Waals surface area (Å²) in [5.74, 6) is -0.155. The number of hydrogen-bond acceptors (Lipinski definition) is 4. The Kier molecular flexibility index (Phi) is 5.58. The summed E-state index contributed by atoms with van der Waals surface area (Å²) in [5, 5.41) is 9.10. The molecule has 2 saturated heterocycles. The number of benzene rings is 1. The summed E-state index contributed by atoms with van der Waals surface area (Å²) >= 11 is 0. The molecule has 1 aromatic rings. The van der Waals surface area contributed by atoms with Crippen molar-refractivity contribution in [3.8, 4) is 5.75 Å². The lowest BCUT2D eigenvalue weighted by molar-refractivity contribution is -0.141. The zero-order chi connectivity index (χ0) is 17.8. The second-order valence-electron chi connectivity index (χ2n) is 6.81. The predicted molar refractivity (Wildman–Crippen MR) is 93.5 cm³/mol. The van der Waals surface area contributed by atoms with Gasteiger partial charge in [-0.2, -0.15) is 0 Å². The van der Waals surface area contributed by atoms with Gasteiger partial charge in [0.05, 0.1) is 25.1 Å². The first-order valence-corrected chi connectivity index (χ1v) is 9.06. The van der Waals surface area contributed by atoms with Crippen LogP contribution in [-0.2, 0) is 9.59 Å². The molecule has 1 amide bonds. The van der Waals surface area contributed by atoms with Gasteiger partial charge in [-0.15, -0.1) is 0 Å². The Morgan fingerprint density at radius 3 is 2.60 bits per heavy atom. The average molecular weight is 346 g/mol. The van der Waals surface area contributed by atoms with Crippen molar-refractivity contribution in [2.75, 3.05) is 32.8 Å². The standard InChI is InChI=1S/C19H26N2O4/c1-2-25-16-7-5-14(6-8-16)17-4-3-10-21(17)18(22)13-20-11-9-15(12-20)19(23)24/h5-8,15,17H,2-4,9-13H2,1H3,(H,23,24). The quantitative estimate of drug-likeness (QED) is 0.855. The number of carbonyl (C=O) groups excluding carboxylic acids is 1. The highest BCUT2D eigenvalue weighted by atomic mass is 16.5. The summed E-state index contributed by atoms with van der Waals surface area (Å²) in [7, 11) is 0. The van der Waals surface area contributed by atoms with Gasteiger partial charge in [-0.25, -0.2) is 0 Å². The third-order valence-electron chi connectivity index (χ3n) is 5.13. The SMILES string of the molecule is CCOc1ccc(C2CCCN2C(=O)CN2CCC(C(=O)O)C2)cc1. The van der Waals surface area contributed by atoms with Gasteiger partial charge in [-0.3, -0.25) is 14.5 Å². The molecule has 1 aromatic carbocycles. The van der Waals surface area contributed by atoms with Crippen molar-refractivity contribution in [3.63, 3.8) is 0 Å². The van der Waals surface area contributed by atoms with Gasteiger partial charge in [-0.1, -0.05) is 12.1 Å². The number of nitrogens with zero attached hydrogens (tertiary/aromatic N) is 2. The van der Waals surface area contributed by atoms with Gasteiger partial charge in [-0.05, 0) is 50.4 Å². The summed E-state index contributed by atoms with van der Waals surface area (Å²) < 4.78 is 5.48. The third-order valence-corrected chi connectivity index (χ3v) is 5.13. The Balaban J connectivity index is 1.61. The lowest BCUT2D eigenvalue weighted by Crippen LogP contribution is -2.39. The molecular weight excluding hydrogens is 320 g/mol. The minimum atomic E-state index is -0.761. The number of ether oxygens (including phenoxy) is 1. The van der Waals surface area contributed by atoms with Gasteiger partial charge in [0.15, 0.2) is 0 Å². The fourth-order valence-electron chi connectivity index (χ4n) is 3.82. The highest BCUT2D eigenvalue weighted by molar-refractivity contribution is 5.79. The van der Waals surface area contributed by atoms with Crippen molar-refractivity contribution in [1.82, 2.24) is 9.80 Å². The van der Waals surface area contributed by atoms with Crippen LogP contribution in [0.15, 0.2) is 24.3 Å². The van der Waals surface area contributed by atoms with Crippen LogP contribution in [-0.4, -0.2) is 59.6 Å². The highest BCUT2D eigenvalue weighted by Gasteiger charge is 2.33. The van der Waals surface area contributed by atoms with E-state index in [-0.39, 0.29) is 17.9 Å². The molecule has 1 N–H and O–H groups in total. The van der Waals surface area contributed by atoms with E-state index < -0.39 is 5.97 Å². The molecule has 0 radical (unpaired) electrons. The van der Waals surface area contributed by atoms with Gasteiger partial charge >= 0.3 is 5.97 Å². The number of carboxylic acids is 1. The zero-order valence-corrected chi connectivity index (χ0v) is 14.7. The summed E-state index contributed by atoms with van der Waals surface area (Å²) in [6.07, 6.45) is 2.60. The molecule has 2 aliphatic heterocycles. The maximum atomic E-state index is 12.7. The van der Waals surface area contributed by atoms with E-state index in [1.165, 1.54) is 0 Å². The van der Waals surface area contributed by atoms with E-state index in [1.807, 2.05) is 41.0 Å². The smallest absolute Gasteiger partial charge is 0.307 e. The maximum absolute atomic E-state index is 12.7. The lowest BCUT2D eigenvalue weighted by atomic mass is 10.0. The molecule has 3 rings (SSSR count). The first kappa shape index (κ1) is 17.7. The van der Waals surface area contributed by atoms with Gasteiger partial charge < -0.3 is 14.7 Å². The molecule has 2 heterocycles. The van der Waals surface area contributed by atoms with Crippen molar-refractivity contribution in [2.24, 2.45) is 5.92 Å². The maximum Gasteiger partial charge on any atom is 0.307 e. The first-order chi connectivity index (χ1) is 12.1. The van der Waals surface area contributed by atoms with Crippen molar-refractivity contribution < 1.29 is 19.4 Å². The minimum Gasteiger partial charge on any atom is -0.494 e. The summed E-state index contributed by atoms with van der Waals surface area (Å²) in [6.45, 7) is 4.84. The number of carboxylic acid groups (broad SMARTS) is 1. The number of carbonyl (C=O) groups is 2. The van der Waals surface area contributed by atoms with Crippen molar-refractivity contribution in [2.45, 2.75) is 32.2 Å². The predicted octanol–water partition coefficient (Wildman–Crippen LogP) is 2.16. The van der Waals surface area contributed by atoms with Crippen LogP contribution >= 0.6 is 0 Å². The number of hydrogen-bond donors (Lipinski definition) is 1. The van der Waals surface area contributed by atoms with E-state index in [0.29, 0.717) is 32.7 Å². The van der Waals surface area contributed by atoms with Crippen molar-refractivity contribution in [1.29, 1.82) is 0 Å². The van der Waals surface area contributed by atoms with Gasteiger partial charge in [0.2, 0.25) is 5.91 Å². The van der Waals surface area contributed by atoms with Crippen molar-refractivity contribution in [3.05, 3.63) is 29.8 Å². The first-order valence-electron chi connectivity index (χ1n) is 9.06. The number of aliphatic carboxylic acids is 1. The Morgan fingerprint density at radius 2 is 1.96 bits per heavy atom. The minimum absolute atomic E-state index is 0.0995. The van der Waals surface area contributed by atoms with Gasteiger partial charge in [0.1, 0.15) is 5.75 Å². The monoisotopic (exact) mass is 346 g/mol. The van der Waals surface area contributed by atoms with Crippen LogP contribution in [0.4, 0.5) is 0 Å². The van der Waals surface area contributed by atoms with Crippen molar-refractivity contribution >= 4 is 11.9 Å². The number of likely N-dealkylation sites (tertiary alicyclic amines) is 2. The van der Waals surface area contributed by atoms with E-state index in [1.54, 1.807) is 0 Å². The Hall–Kier alpha value is -2.08. The Bertz CT molecular complexity index is 616. The van der Waals surface area contributed by atoms with Crippen LogP contribution in [0.25, 0.3) is 0 Å². The lowest BCUT2D eigenvalue weighted by Gasteiger charge is -2.27. The Morgan fingerprint density at radius 1 is 1.20 bits per heavy atom. The van der Waals surface area contributed by atoms with E-state index in [9.17, 15) is 9.59 Å². The summed E-state index contributed by atoms with van der Waals surface area (Å²) in [5.41, 5.74) is 1.14. The topological polar surface area (TPSA) is 70.1 Å². The molecule has 0 aliphatic carbocycles. The molecule has 0 bridgehead atoms. The molecule has 0 spiro atoms. The van der Waals surface area contributed by atoms with E-state index >= 15 is 0 Å². The Labute approximate surface area is 148 Å². The molecule has 136 valence electrons. The van der Waals surface area contributed by atoms with E-state index in [0.717, 1.165) is 30.7 Å². The van der Waals surface area contributed by atoms with E-state index in [2.05, 4.69) is 0 Å². The molecule has 2 fully saturated rings. The fraction of sp³-hybridized carbons (Fsp3) is 0.579. The van der Waals surface area contributed by atoms with Crippen LogP contribution in [0.2, 0.25) is 0 Å². The molecule has 0 saturated carbocycles. The zero-order valence-electron chi connectivity index (χ0n) is 14.7. The fourth-order valence-corrected chi connectivity index (χ4v) is 3.82. The molecule has 2 unspecified atom stereocenters. The number of amides is 1. The van der Waals surface area contributed by atoms with Crippen LogP contribution in [0.3, 0.4) is 0 Å². The second kappa shape index (κ2) is 7.87. The molecule has 2 aliphatic rings. The third kappa shape index (κ3) is 4.12. The van der Waals surface area contributed by atoms with Crippen LogP contribution in [0, 0.1) is 5.92 Å². The molecule has 6 nitrogen and oxygen atoms in total. The van der Waals surface area contributed by atoms with Crippen LogP contribution in [0.1, 0.15) is 37.8 Å². The molecule has 6 heteroatoms. The van der Waals surface area contributed by atoms with Gasteiger partial charge in [0.25, 0.3) is 0 Å². The largest absolute Gasteiger partial charge is 0.494 e. The summed E-state index contributed by atoms with van der Waals surface area (Å²) in [6, 6.07) is 8.10. The molecule has 0 aromatic heterocycles. The highest BCUT2D eigenvalue weighted by Crippen LogP contribution is 2.33. The molecule has 25 heavy (non-hydrogen) atoms. The normalized spacial score (nSPS) is 23.8. The van der Waals surface area contributed by atoms with E-state index in [4.69, 9.17) is 9.84 Å². The van der Waals surface area contributed by atoms with Crippen LogP contribution < -0.4 is 4.74 Å². The van der Waals surface area contributed by atoms with Gasteiger partial charge in [0, 0.05) is 13.1 Å². The summed E-state index contributed by atoms with van der Waals surface area (Å²) in [4.78, 5) is 27.7. The molecular formula is C19H26N2O4. The molecule has 2 atom stereocenters. The van der Waals surface area contributed by atoms with Crippen LogP contribution in [0.5, 0.6) is 5.75 Å².